The van der Waals surface area contributed by atoms with Crippen LogP contribution in [-0.2, 0) is 4.79 Å². The Morgan fingerprint density at radius 3 is 3.00 bits per heavy atom. The first kappa shape index (κ1) is 9.68. The molecule has 0 aromatic heterocycles. The highest BCUT2D eigenvalue weighted by atomic mass is 16.3. The maximum absolute atomic E-state index is 10.8. The molecule has 1 atom stereocenters. The molecule has 0 radical (unpaired) electrons. The minimum Gasteiger partial charge on any atom is -0.396 e. The summed E-state index contributed by atoms with van der Waals surface area (Å²) in [6.07, 6.45) is 3.11. The van der Waals surface area contributed by atoms with Gasteiger partial charge < -0.3 is 5.11 Å². The molecule has 0 aromatic rings. The molecule has 1 aliphatic rings. The van der Waals surface area contributed by atoms with E-state index in [9.17, 15) is 4.79 Å². The Labute approximate surface area is 73.4 Å². The normalized spacial score (nSPS) is 24.7. The van der Waals surface area contributed by atoms with E-state index in [2.05, 4.69) is 4.90 Å². The number of carbonyl (C=O) groups is 1. The van der Waals surface area contributed by atoms with Gasteiger partial charge in [-0.2, -0.15) is 0 Å². The molecule has 12 heavy (non-hydrogen) atoms. The molecule has 0 aromatic carbocycles. The summed E-state index contributed by atoms with van der Waals surface area (Å²) in [7, 11) is 0. The predicted octanol–water partition coefficient (Wildman–Crippen LogP) is 0.422. The highest BCUT2D eigenvalue weighted by molar-refractivity contribution is 5.77. The monoisotopic (exact) mass is 171 g/mol. The van der Waals surface area contributed by atoms with Gasteiger partial charge in [-0.15, -0.1) is 0 Å². The lowest BCUT2D eigenvalue weighted by Crippen LogP contribution is -2.33. The quantitative estimate of drug-likeness (QED) is 0.666. The fourth-order valence-electron chi connectivity index (χ4n) is 1.87. The van der Waals surface area contributed by atoms with Gasteiger partial charge in [0.25, 0.3) is 0 Å². The third kappa shape index (κ3) is 2.57. The molecule has 0 aliphatic carbocycles. The predicted molar refractivity (Wildman–Crippen MR) is 47.0 cm³/mol. The Bertz CT molecular complexity index is 159. The molecule has 0 spiro atoms. The van der Waals surface area contributed by atoms with Crippen LogP contribution in [0.2, 0.25) is 0 Å². The Kier molecular flexibility index (Phi) is 3.69. The summed E-state index contributed by atoms with van der Waals surface area (Å²) in [4.78, 5) is 13.0. The highest BCUT2D eigenvalue weighted by Gasteiger charge is 2.24. The van der Waals surface area contributed by atoms with E-state index >= 15 is 0 Å². The fourth-order valence-corrected chi connectivity index (χ4v) is 1.87. The Balaban J connectivity index is 2.35. The number of likely N-dealkylation sites (tertiary alicyclic amines) is 1. The van der Waals surface area contributed by atoms with Crippen molar-refractivity contribution in [2.24, 2.45) is 0 Å². The summed E-state index contributed by atoms with van der Waals surface area (Å²) in [5, 5.41) is 8.77. The van der Waals surface area contributed by atoms with Crippen LogP contribution in [0.3, 0.4) is 0 Å². The lowest BCUT2D eigenvalue weighted by atomic mass is 10.1. The number of carbonyl (C=O) groups excluding carboxylic acids is 1. The van der Waals surface area contributed by atoms with Gasteiger partial charge in [0.15, 0.2) is 0 Å². The number of hydrogen-bond donors (Lipinski definition) is 1. The minimum atomic E-state index is 0.222. The van der Waals surface area contributed by atoms with Crippen LogP contribution in [-0.4, -0.2) is 41.5 Å². The van der Waals surface area contributed by atoms with Crippen LogP contribution < -0.4 is 0 Å². The summed E-state index contributed by atoms with van der Waals surface area (Å²) >= 11 is 0. The van der Waals surface area contributed by atoms with Crippen molar-refractivity contribution in [2.45, 2.75) is 32.2 Å². The van der Waals surface area contributed by atoms with Crippen LogP contribution >= 0.6 is 0 Å². The molecule has 3 nitrogen and oxygen atoms in total. The topological polar surface area (TPSA) is 40.5 Å². The Hall–Kier alpha value is -0.410. The summed E-state index contributed by atoms with van der Waals surface area (Å²) < 4.78 is 0. The third-order valence-corrected chi connectivity index (χ3v) is 2.39. The number of aliphatic hydroxyl groups is 1. The van der Waals surface area contributed by atoms with Gasteiger partial charge in [0.1, 0.15) is 5.78 Å². The van der Waals surface area contributed by atoms with Gasteiger partial charge in [0, 0.05) is 12.6 Å². The summed E-state index contributed by atoms with van der Waals surface area (Å²) in [6.45, 7) is 3.43. The van der Waals surface area contributed by atoms with Crippen molar-refractivity contribution in [3.05, 3.63) is 0 Å². The van der Waals surface area contributed by atoms with Crippen molar-refractivity contribution in [2.75, 3.05) is 19.7 Å². The molecular weight excluding hydrogens is 154 g/mol. The average molecular weight is 171 g/mol. The zero-order valence-corrected chi connectivity index (χ0v) is 7.62. The molecular formula is C9H17NO2. The molecule has 0 amide bonds. The second-order valence-corrected chi connectivity index (χ2v) is 3.48. The number of aliphatic hydroxyl groups excluding tert-OH is 1. The minimum absolute atomic E-state index is 0.222. The van der Waals surface area contributed by atoms with E-state index in [0.717, 1.165) is 25.8 Å². The maximum atomic E-state index is 10.8. The van der Waals surface area contributed by atoms with Gasteiger partial charge in [-0.05, 0) is 32.7 Å². The Morgan fingerprint density at radius 2 is 2.42 bits per heavy atom. The summed E-state index contributed by atoms with van der Waals surface area (Å²) in [5.74, 6) is 0.222. The number of hydrogen-bond acceptors (Lipinski definition) is 3. The molecule has 70 valence electrons. The fraction of sp³-hybridized carbons (Fsp3) is 0.889. The van der Waals surface area contributed by atoms with Gasteiger partial charge in [-0.25, -0.2) is 0 Å². The van der Waals surface area contributed by atoms with Crippen molar-refractivity contribution in [1.29, 1.82) is 0 Å². The first-order valence-corrected chi connectivity index (χ1v) is 4.58. The van der Waals surface area contributed by atoms with Crippen LogP contribution in [0.4, 0.5) is 0 Å². The number of rotatable bonds is 4. The van der Waals surface area contributed by atoms with Gasteiger partial charge >= 0.3 is 0 Å². The van der Waals surface area contributed by atoms with Crippen LogP contribution in [0.25, 0.3) is 0 Å². The zero-order chi connectivity index (χ0) is 8.97. The highest BCUT2D eigenvalue weighted by Crippen LogP contribution is 2.18. The van der Waals surface area contributed by atoms with E-state index in [1.54, 1.807) is 6.92 Å². The SMILES string of the molecule is CC(=O)CN1CCC[C@H]1CCO. The smallest absolute Gasteiger partial charge is 0.143 e. The van der Waals surface area contributed by atoms with Crippen LogP contribution in [0.1, 0.15) is 26.2 Å². The van der Waals surface area contributed by atoms with E-state index < -0.39 is 0 Å². The van der Waals surface area contributed by atoms with Crippen molar-refractivity contribution in [1.82, 2.24) is 4.90 Å². The van der Waals surface area contributed by atoms with Crippen molar-refractivity contribution < 1.29 is 9.90 Å². The molecule has 1 saturated heterocycles. The van der Waals surface area contributed by atoms with Gasteiger partial charge in [0.05, 0.1) is 6.54 Å². The molecule has 1 N–H and O–H groups in total. The van der Waals surface area contributed by atoms with Crippen LogP contribution in [0.15, 0.2) is 0 Å². The molecule has 1 aliphatic heterocycles. The first-order chi connectivity index (χ1) is 5.74. The molecule has 0 unspecified atom stereocenters. The van der Waals surface area contributed by atoms with E-state index in [1.807, 2.05) is 0 Å². The van der Waals surface area contributed by atoms with E-state index in [-0.39, 0.29) is 12.4 Å². The maximum Gasteiger partial charge on any atom is 0.143 e. The number of nitrogens with zero attached hydrogens (tertiary/aromatic N) is 1. The second kappa shape index (κ2) is 4.58. The van der Waals surface area contributed by atoms with Gasteiger partial charge in [-0.1, -0.05) is 0 Å². The average Bonchev–Trinajstić information content (AvgIpc) is 2.37. The van der Waals surface area contributed by atoms with E-state index in [0.29, 0.717) is 12.6 Å². The standard InChI is InChI=1S/C9H17NO2/c1-8(12)7-10-5-2-3-9(10)4-6-11/h9,11H,2-7H2,1H3/t9-/m0/s1. The number of ketones is 1. The largest absolute Gasteiger partial charge is 0.396 e. The second-order valence-electron chi connectivity index (χ2n) is 3.48. The van der Waals surface area contributed by atoms with Crippen molar-refractivity contribution in [3.63, 3.8) is 0 Å². The van der Waals surface area contributed by atoms with Crippen molar-refractivity contribution >= 4 is 5.78 Å². The molecule has 1 heterocycles. The first-order valence-electron chi connectivity index (χ1n) is 4.58. The van der Waals surface area contributed by atoms with Crippen molar-refractivity contribution in [3.8, 4) is 0 Å². The van der Waals surface area contributed by atoms with Gasteiger partial charge in [0.2, 0.25) is 0 Å². The van der Waals surface area contributed by atoms with Crippen LogP contribution in [0, 0.1) is 0 Å². The zero-order valence-electron chi connectivity index (χ0n) is 7.62. The van der Waals surface area contributed by atoms with Gasteiger partial charge in [-0.3, -0.25) is 9.69 Å². The molecule has 0 saturated carbocycles. The lowest BCUT2D eigenvalue weighted by Gasteiger charge is -2.21. The number of Topliss-reactive ketones (excluding diaryl/α,β-unsaturated/α-hetero) is 1. The Morgan fingerprint density at radius 1 is 1.67 bits per heavy atom. The summed E-state index contributed by atoms with van der Waals surface area (Å²) in [5.41, 5.74) is 0. The summed E-state index contributed by atoms with van der Waals surface area (Å²) in [6, 6.07) is 0.443. The lowest BCUT2D eigenvalue weighted by molar-refractivity contribution is -0.118. The van der Waals surface area contributed by atoms with Crippen LogP contribution in [0.5, 0.6) is 0 Å². The molecule has 1 rings (SSSR count). The molecule has 0 bridgehead atoms. The van der Waals surface area contributed by atoms with E-state index in [4.69, 9.17) is 5.11 Å². The van der Waals surface area contributed by atoms with E-state index in [1.165, 1.54) is 0 Å². The molecule has 1 fully saturated rings. The third-order valence-electron chi connectivity index (χ3n) is 2.39. The molecule has 3 heteroatoms.